The number of nitro groups is 1. The Morgan fingerprint density at radius 1 is 1.25 bits per heavy atom. The van der Waals surface area contributed by atoms with E-state index in [0.29, 0.717) is 5.82 Å². The molecule has 6 heteroatoms. The number of aromatic nitrogens is 1. The predicted molar refractivity (Wildman–Crippen MR) is 74.1 cm³/mol. The van der Waals surface area contributed by atoms with Gasteiger partial charge in [0.2, 0.25) is 0 Å². The van der Waals surface area contributed by atoms with Crippen LogP contribution >= 0.6 is 0 Å². The van der Waals surface area contributed by atoms with Crippen molar-refractivity contribution in [1.29, 1.82) is 0 Å². The Morgan fingerprint density at radius 3 is 2.40 bits per heavy atom. The Morgan fingerprint density at radius 2 is 1.90 bits per heavy atom. The van der Waals surface area contributed by atoms with E-state index in [0.717, 1.165) is 5.56 Å². The van der Waals surface area contributed by atoms with Gasteiger partial charge in [-0.3, -0.25) is 10.1 Å². The Labute approximate surface area is 115 Å². The number of halogens is 1. The average Bonchev–Trinajstić information content (AvgIpc) is 2.46. The average molecular weight is 275 g/mol. The molecule has 2 rings (SSSR count). The van der Waals surface area contributed by atoms with Crippen molar-refractivity contribution < 1.29 is 9.31 Å². The van der Waals surface area contributed by atoms with E-state index in [1.54, 1.807) is 18.2 Å². The molecule has 0 amide bonds. The summed E-state index contributed by atoms with van der Waals surface area (Å²) >= 11 is 0. The number of hydrogen-bond donors (Lipinski definition) is 0. The van der Waals surface area contributed by atoms with Crippen LogP contribution < -0.4 is 4.90 Å². The van der Waals surface area contributed by atoms with Crippen LogP contribution in [0.25, 0.3) is 0 Å². The van der Waals surface area contributed by atoms with Gasteiger partial charge in [-0.2, -0.15) is 0 Å². The molecule has 1 atom stereocenters. The third kappa shape index (κ3) is 2.90. The molecule has 2 aromatic rings. The smallest absolute Gasteiger partial charge is 0.287 e. The highest BCUT2D eigenvalue weighted by Gasteiger charge is 2.14. The SMILES string of the molecule is C[C@@H](c1ccc(F)cc1)N(C)c1ccc([N+](=O)[O-])cn1. The summed E-state index contributed by atoms with van der Waals surface area (Å²) in [7, 11) is 1.84. The first kappa shape index (κ1) is 13.9. The summed E-state index contributed by atoms with van der Waals surface area (Å²) in [5.74, 6) is 0.337. The maximum absolute atomic E-state index is 12.9. The molecule has 0 saturated heterocycles. The third-order valence-corrected chi connectivity index (χ3v) is 3.24. The fourth-order valence-electron chi connectivity index (χ4n) is 1.86. The minimum Gasteiger partial charge on any atom is -0.353 e. The van der Waals surface area contributed by atoms with Gasteiger partial charge in [0.1, 0.15) is 17.8 Å². The van der Waals surface area contributed by atoms with Crippen molar-refractivity contribution in [1.82, 2.24) is 4.98 Å². The highest BCUT2D eigenvalue weighted by Crippen LogP contribution is 2.24. The maximum Gasteiger partial charge on any atom is 0.287 e. The van der Waals surface area contributed by atoms with Crippen LogP contribution in [-0.4, -0.2) is 17.0 Å². The highest BCUT2D eigenvalue weighted by molar-refractivity contribution is 5.44. The lowest BCUT2D eigenvalue weighted by Crippen LogP contribution is -2.22. The molecule has 1 aromatic heterocycles. The largest absolute Gasteiger partial charge is 0.353 e. The van der Waals surface area contributed by atoms with E-state index in [2.05, 4.69) is 4.98 Å². The predicted octanol–water partition coefficient (Wildman–Crippen LogP) is 3.33. The molecule has 1 aromatic carbocycles. The number of rotatable bonds is 4. The van der Waals surface area contributed by atoms with E-state index in [4.69, 9.17) is 0 Å². The second-order valence-corrected chi connectivity index (χ2v) is 4.47. The van der Waals surface area contributed by atoms with Crippen molar-refractivity contribution in [3.63, 3.8) is 0 Å². The first-order chi connectivity index (χ1) is 9.49. The van der Waals surface area contributed by atoms with Gasteiger partial charge in [-0.25, -0.2) is 9.37 Å². The number of benzene rings is 1. The van der Waals surface area contributed by atoms with Gasteiger partial charge >= 0.3 is 0 Å². The van der Waals surface area contributed by atoms with Crippen LogP contribution in [0.4, 0.5) is 15.9 Å². The summed E-state index contributed by atoms with van der Waals surface area (Å²) in [6.45, 7) is 1.95. The summed E-state index contributed by atoms with van der Waals surface area (Å²) < 4.78 is 12.9. The quantitative estimate of drug-likeness (QED) is 0.634. The van der Waals surface area contributed by atoms with Gasteiger partial charge in [0.05, 0.1) is 11.0 Å². The highest BCUT2D eigenvalue weighted by atomic mass is 19.1. The lowest BCUT2D eigenvalue weighted by Gasteiger charge is -2.26. The minimum absolute atomic E-state index is 0.0236. The Hall–Kier alpha value is -2.50. The molecule has 0 unspecified atom stereocenters. The molecule has 0 aliphatic heterocycles. The second-order valence-electron chi connectivity index (χ2n) is 4.47. The molecule has 0 aliphatic rings. The summed E-state index contributed by atoms with van der Waals surface area (Å²) in [5, 5.41) is 10.6. The lowest BCUT2D eigenvalue weighted by molar-refractivity contribution is -0.385. The van der Waals surface area contributed by atoms with Gasteiger partial charge in [0.25, 0.3) is 5.69 Å². The zero-order chi connectivity index (χ0) is 14.7. The van der Waals surface area contributed by atoms with Crippen molar-refractivity contribution in [2.45, 2.75) is 13.0 Å². The molecule has 104 valence electrons. The minimum atomic E-state index is -0.486. The van der Waals surface area contributed by atoms with Crippen LogP contribution in [0.5, 0.6) is 0 Å². The lowest BCUT2D eigenvalue weighted by atomic mass is 10.1. The first-order valence-corrected chi connectivity index (χ1v) is 6.08. The van der Waals surface area contributed by atoms with Crippen molar-refractivity contribution in [3.8, 4) is 0 Å². The van der Waals surface area contributed by atoms with Crippen molar-refractivity contribution in [2.75, 3.05) is 11.9 Å². The number of pyridine rings is 1. The fourth-order valence-corrected chi connectivity index (χ4v) is 1.86. The number of anilines is 1. The van der Waals surface area contributed by atoms with Gasteiger partial charge in [-0.05, 0) is 30.7 Å². The van der Waals surface area contributed by atoms with Crippen molar-refractivity contribution in [2.24, 2.45) is 0 Å². The first-order valence-electron chi connectivity index (χ1n) is 6.08. The normalized spacial score (nSPS) is 11.9. The van der Waals surface area contributed by atoms with E-state index in [9.17, 15) is 14.5 Å². The van der Waals surface area contributed by atoms with Gasteiger partial charge in [0, 0.05) is 13.1 Å². The molecule has 0 aliphatic carbocycles. The zero-order valence-electron chi connectivity index (χ0n) is 11.2. The van der Waals surface area contributed by atoms with E-state index in [1.807, 2.05) is 18.9 Å². The van der Waals surface area contributed by atoms with Gasteiger partial charge < -0.3 is 4.90 Å². The summed E-state index contributed by atoms with van der Waals surface area (Å²) in [5.41, 5.74) is 0.894. The Kier molecular flexibility index (Phi) is 3.93. The monoisotopic (exact) mass is 275 g/mol. The third-order valence-electron chi connectivity index (χ3n) is 3.24. The van der Waals surface area contributed by atoms with Crippen LogP contribution in [0.3, 0.4) is 0 Å². The number of hydrogen-bond acceptors (Lipinski definition) is 4. The fraction of sp³-hybridized carbons (Fsp3) is 0.214. The Bertz CT molecular complexity index is 599. The van der Waals surface area contributed by atoms with Crippen LogP contribution in [0.15, 0.2) is 42.6 Å². The van der Waals surface area contributed by atoms with Gasteiger partial charge in [-0.15, -0.1) is 0 Å². The van der Waals surface area contributed by atoms with E-state index < -0.39 is 4.92 Å². The van der Waals surface area contributed by atoms with Gasteiger partial charge in [0.15, 0.2) is 0 Å². The molecular weight excluding hydrogens is 261 g/mol. The van der Waals surface area contributed by atoms with E-state index in [1.165, 1.54) is 24.4 Å². The topological polar surface area (TPSA) is 59.3 Å². The number of nitrogens with zero attached hydrogens (tertiary/aromatic N) is 3. The summed E-state index contributed by atoms with van der Waals surface area (Å²) in [4.78, 5) is 16.0. The molecule has 0 radical (unpaired) electrons. The summed E-state index contributed by atoms with van der Waals surface area (Å²) in [6, 6.07) is 9.22. The Balaban J connectivity index is 2.19. The molecule has 1 heterocycles. The molecule has 5 nitrogen and oxygen atoms in total. The van der Waals surface area contributed by atoms with Crippen molar-refractivity contribution in [3.05, 3.63) is 64.1 Å². The van der Waals surface area contributed by atoms with Crippen LogP contribution in [0, 0.1) is 15.9 Å². The van der Waals surface area contributed by atoms with Crippen molar-refractivity contribution >= 4 is 11.5 Å². The maximum atomic E-state index is 12.9. The van der Waals surface area contributed by atoms with E-state index >= 15 is 0 Å². The van der Waals surface area contributed by atoms with Crippen LogP contribution in [0.2, 0.25) is 0 Å². The molecule has 0 fully saturated rings. The molecule has 0 saturated carbocycles. The molecule has 0 N–H and O–H groups in total. The second kappa shape index (κ2) is 5.64. The van der Waals surface area contributed by atoms with E-state index in [-0.39, 0.29) is 17.5 Å². The molecule has 0 spiro atoms. The molecular formula is C14H14FN3O2. The summed E-state index contributed by atoms with van der Waals surface area (Å²) in [6.07, 6.45) is 1.23. The standard InChI is InChI=1S/C14H14FN3O2/c1-10(11-3-5-12(15)6-4-11)17(2)14-8-7-13(9-16-14)18(19)20/h3-10H,1-2H3/t10-/m0/s1. The zero-order valence-corrected chi connectivity index (χ0v) is 11.2. The molecule has 20 heavy (non-hydrogen) atoms. The van der Waals surface area contributed by atoms with Gasteiger partial charge in [-0.1, -0.05) is 12.1 Å². The van der Waals surface area contributed by atoms with Crippen LogP contribution in [0.1, 0.15) is 18.5 Å². The van der Waals surface area contributed by atoms with Crippen LogP contribution in [-0.2, 0) is 0 Å². The molecule has 0 bridgehead atoms.